The Labute approximate surface area is 77.7 Å². The molecular formula is C9H13ClN2. The first-order valence-corrected chi connectivity index (χ1v) is 4.22. The van der Waals surface area contributed by atoms with Gasteiger partial charge in [0, 0.05) is 17.3 Å². The average molecular weight is 185 g/mol. The number of hydrogen-bond acceptors (Lipinski definition) is 2. The fourth-order valence-electron chi connectivity index (χ4n) is 1.16. The number of nitrogens with two attached hydrogens (primary N) is 1. The smallest absolute Gasteiger partial charge is 0.0413 e. The average Bonchev–Trinajstić information content (AvgIpc) is 2.00. The highest BCUT2D eigenvalue weighted by Gasteiger charge is 2.02. The molecule has 0 unspecified atom stereocenters. The number of nitrogen functional groups attached to an aromatic ring is 1. The molecule has 0 saturated heterocycles. The Hall–Kier alpha value is -0.730. The van der Waals surface area contributed by atoms with E-state index < -0.39 is 0 Å². The highest BCUT2D eigenvalue weighted by Crippen LogP contribution is 2.22. The molecule has 12 heavy (non-hydrogen) atoms. The summed E-state index contributed by atoms with van der Waals surface area (Å²) in [6.07, 6.45) is 0. The van der Waals surface area contributed by atoms with Gasteiger partial charge in [0.15, 0.2) is 0 Å². The SMILES string of the molecule is CNCc1cc(Cl)cc(C)c1N. The molecule has 0 saturated carbocycles. The van der Waals surface area contributed by atoms with Crippen molar-refractivity contribution in [3.8, 4) is 0 Å². The van der Waals surface area contributed by atoms with Crippen LogP contribution in [0.2, 0.25) is 5.02 Å². The number of halogens is 1. The zero-order valence-electron chi connectivity index (χ0n) is 7.32. The van der Waals surface area contributed by atoms with Crippen LogP contribution in [-0.2, 0) is 6.54 Å². The molecular weight excluding hydrogens is 172 g/mol. The molecule has 0 radical (unpaired) electrons. The molecule has 0 aromatic heterocycles. The lowest BCUT2D eigenvalue weighted by Gasteiger charge is -2.08. The molecule has 0 aliphatic heterocycles. The Bertz CT molecular complexity index is 284. The van der Waals surface area contributed by atoms with Gasteiger partial charge < -0.3 is 11.1 Å². The maximum atomic E-state index is 5.87. The highest BCUT2D eigenvalue weighted by atomic mass is 35.5. The minimum Gasteiger partial charge on any atom is -0.398 e. The van der Waals surface area contributed by atoms with Gasteiger partial charge in [0.25, 0.3) is 0 Å². The van der Waals surface area contributed by atoms with E-state index in [4.69, 9.17) is 17.3 Å². The Kier molecular flexibility index (Phi) is 2.95. The van der Waals surface area contributed by atoms with Gasteiger partial charge in [-0.1, -0.05) is 11.6 Å². The van der Waals surface area contributed by atoms with Crippen LogP contribution in [0.5, 0.6) is 0 Å². The lowest BCUT2D eigenvalue weighted by atomic mass is 10.1. The fraction of sp³-hybridized carbons (Fsp3) is 0.333. The van der Waals surface area contributed by atoms with Crippen LogP contribution in [0, 0.1) is 6.92 Å². The Morgan fingerprint density at radius 2 is 2.17 bits per heavy atom. The Morgan fingerprint density at radius 3 is 2.75 bits per heavy atom. The molecule has 0 bridgehead atoms. The van der Waals surface area contributed by atoms with E-state index in [-0.39, 0.29) is 0 Å². The van der Waals surface area contributed by atoms with Crippen LogP contribution < -0.4 is 11.1 Å². The van der Waals surface area contributed by atoms with E-state index in [9.17, 15) is 0 Å². The van der Waals surface area contributed by atoms with Crippen molar-refractivity contribution < 1.29 is 0 Å². The van der Waals surface area contributed by atoms with Gasteiger partial charge in [0.2, 0.25) is 0 Å². The quantitative estimate of drug-likeness (QED) is 0.690. The van der Waals surface area contributed by atoms with Crippen molar-refractivity contribution in [1.82, 2.24) is 5.32 Å². The van der Waals surface area contributed by atoms with Crippen molar-refractivity contribution in [2.24, 2.45) is 0 Å². The summed E-state index contributed by atoms with van der Waals surface area (Å²) in [5.74, 6) is 0. The standard InChI is InChI=1S/C9H13ClN2/c1-6-3-8(10)4-7(5-12-2)9(6)11/h3-4,12H,5,11H2,1-2H3. The van der Waals surface area contributed by atoms with Crippen molar-refractivity contribution in [3.05, 3.63) is 28.3 Å². The summed E-state index contributed by atoms with van der Waals surface area (Å²) in [6, 6.07) is 3.76. The van der Waals surface area contributed by atoms with Crippen LogP contribution in [0.4, 0.5) is 5.69 Å². The second-order valence-electron chi connectivity index (χ2n) is 2.83. The molecule has 0 atom stereocenters. The molecule has 0 fully saturated rings. The van der Waals surface area contributed by atoms with Crippen molar-refractivity contribution in [1.29, 1.82) is 0 Å². The van der Waals surface area contributed by atoms with Crippen molar-refractivity contribution in [2.45, 2.75) is 13.5 Å². The lowest BCUT2D eigenvalue weighted by molar-refractivity contribution is 0.819. The van der Waals surface area contributed by atoms with Gasteiger partial charge in [-0.05, 0) is 37.2 Å². The van der Waals surface area contributed by atoms with Gasteiger partial charge in [-0.3, -0.25) is 0 Å². The van der Waals surface area contributed by atoms with Crippen LogP contribution in [-0.4, -0.2) is 7.05 Å². The molecule has 0 spiro atoms. The molecule has 1 rings (SSSR count). The van der Waals surface area contributed by atoms with Crippen molar-refractivity contribution in [2.75, 3.05) is 12.8 Å². The van der Waals surface area contributed by atoms with Crippen LogP contribution in [0.3, 0.4) is 0 Å². The maximum absolute atomic E-state index is 5.87. The van der Waals surface area contributed by atoms with E-state index >= 15 is 0 Å². The Morgan fingerprint density at radius 1 is 1.50 bits per heavy atom. The number of aryl methyl sites for hydroxylation is 1. The predicted molar refractivity (Wildman–Crippen MR) is 53.4 cm³/mol. The summed E-state index contributed by atoms with van der Waals surface area (Å²) < 4.78 is 0. The summed E-state index contributed by atoms with van der Waals surface area (Å²) in [4.78, 5) is 0. The predicted octanol–water partition coefficient (Wildman–Crippen LogP) is 1.95. The molecule has 0 heterocycles. The van der Waals surface area contributed by atoms with E-state index in [1.165, 1.54) is 0 Å². The van der Waals surface area contributed by atoms with Crippen LogP contribution in [0.1, 0.15) is 11.1 Å². The minimum absolute atomic E-state index is 0.743. The summed E-state index contributed by atoms with van der Waals surface area (Å²) >= 11 is 5.87. The number of anilines is 1. The first-order chi connectivity index (χ1) is 5.65. The Balaban J connectivity index is 3.09. The minimum atomic E-state index is 0.743. The zero-order valence-corrected chi connectivity index (χ0v) is 8.07. The maximum Gasteiger partial charge on any atom is 0.0413 e. The number of nitrogens with one attached hydrogen (secondary N) is 1. The van der Waals surface area contributed by atoms with Gasteiger partial charge in [-0.15, -0.1) is 0 Å². The third-order valence-corrected chi connectivity index (χ3v) is 2.02. The van der Waals surface area contributed by atoms with E-state index in [0.717, 1.165) is 28.4 Å². The van der Waals surface area contributed by atoms with Crippen LogP contribution >= 0.6 is 11.6 Å². The molecule has 3 heteroatoms. The third kappa shape index (κ3) is 1.90. The topological polar surface area (TPSA) is 38.0 Å². The van der Waals surface area contributed by atoms with E-state index in [1.807, 2.05) is 26.1 Å². The summed E-state index contributed by atoms with van der Waals surface area (Å²) in [5.41, 5.74) is 8.76. The van der Waals surface area contributed by atoms with E-state index in [2.05, 4.69) is 5.32 Å². The summed E-state index contributed by atoms with van der Waals surface area (Å²) in [5, 5.41) is 3.78. The van der Waals surface area contributed by atoms with Gasteiger partial charge in [0.05, 0.1) is 0 Å². The van der Waals surface area contributed by atoms with E-state index in [1.54, 1.807) is 0 Å². The summed E-state index contributed by atoms with van der Waals surface area (Å²) in [6.45, 7) is 2.72. The number of hydrogen-bond donors (Lipinski definition) is 2. The van der Waals surface area contributed by atoms with E-state index in [0.29, 0.717) is 0 Å². The van der Waals surface area contributed by atoms with Gasteiger partial charge in [-0.25, -0.2) is 0 Å². The normalized spacial score (nSPS) is 10.2. The van der Waals surface area contributed by atoms with Gasteiger partial charge >= 0.3 is 0 Å². The lowest BCUT2D eigenvalue weighted by Crippen LogP contribution is -2.08. The molecule has 0 amide bonds. The first-order valence-electron chi connectivity index (χ1n) is 3.84. The monoisotopic (exact) mass is 184 g/mol. The third-order valence-electron chi connectivity index (χ3n) is 1.80. The summed E-state index contributed by atoms with van der Waals surface area (Å²) in [7, 11) is 1.88. The van der Waals surface area contributed by atoms with Crippen molar-refractivity contribution in [3.63, 3.8) is 0 Å². The fourth-order valence-corrected chi connectivity index (χ4v) is 1.46. The molecule has 0 aliphatic rings. The van der Waals surface area contributed by atoms with Crippen LogP contribution in [0.15, 0.2) is 12.1 Å². The molecule has 66 valence electrons. The molecule has 0 aliphatic carbocycles. The van der Waals surface area contributed by atoms with Crippen LogP contribution in [0.25, 0.3) is 0 Å². The van der Waals surface area contributed by atoms with Gasteiger partial charge in [-0.2, -0.15) is 0 Å². The largest absolute Gasteiger partial charge is 0.398 e. The molecule has 2 nitrogen and oxygen atoms in total. The number of benzene rings is 1. The second kappa shape index (κ2) is 3.78. The second-order valence-corrected chi connectivity index (χ2v) is 3.26. The van der Waals surface area contributed by atoms with Gasteiger partial charge in [0.1, 0.15) is 0 Å². The molecule has 3 N–H and O–H groups in total. The highest BCUT2D eigenvalue weighted by molar-refractivity contribution is 6.30. The van der Waals surface area contributed by atoms with Crippen molar-refractivity contribution >= 4 is 17.3 Å². The zero-order chi connectivity index (χ0) is 9.14. The molecule has 1 aromatic rings. The number of rotatable bonds is 2. The molecule has 1 aromatic carbocycles. The first kappa shape index (κ1) is 9.36.